The maximum absolute atomic E-state index is 3.19. The molecule has 16 heavy (non-hydrogen) atoms. The first-order valence-corrected chi connectivity index (χ1v) is 5.99. The topological polar surface area (TPSA) is 17.0 Å². The Bertz CT molecular complexity index is 483. The van der Waals surface area contributed by atoms with Crippen LogP contribution in [0.2, 0.25) is 0 Å². The number of hydrogen-bond donors (Lipinski definition) is 1. The van der Waals surface area contributed by atoms with Crippen LogP contribution in [0.4, 0.5) is 0 Å². The van der Waals surface area contributed by atoms with Gasteiger partial charge < -0.3 is 9.88 Å². The number of rotatable bonds is 4. The van der Waals surface area contributed by atoms with Crippen LogP contribution >= 0.6 is 0 Å². The summed E-state index contributed by atoms with van der Waals surface area (Å²) in [6, 6.07) is 9.06. The Morgan fingerprint density at radius 1 is 1.25 bits per heavy atom. The third-order valence-corrected chi connectivity index (χ3v) is 3.16. The predicted octanol–water partition coefficient (Wildman–Crippen LogP) is 2.73. The van der Waals surface area contributed by atoms with Gasteiger partial charge in [-0.15, -0.1) is 0 Å². The minimum Gasteiger partial charge on any atom is -0.345 e. The molecule has 0 aliphatic heterocycles. The van der Waals surface area contributed by atoms with Crippen molar-refractivity contribution in [2.24, 2.45) is 0 Å². The summed E-state index contributed by atoms with van der Waals surface area (Å²) in [7, 11) is 2.00. The van der Waals surface area contributed by atoms with Gasteiger partial charge in [0.05, 0.1) is 0 Å². The van der Waals surface area contributed by atoms with Crippen LogP contribution in [0, 0.1) is 6.92 Å². The summed E-state index contributed by atoms with van der Waals surface area (Å²) in [6.45, 7) is 6.46. The summed E-state index contributed by atoms with van der Waals surface area (Å²) >= 11 is 0. The van der Waals surface area contributed by atoms with Crippen LogP contribution in [0.1, 0.15) is 18.2 Å². The van der Waals surface area contributed by atoms with E-state index in [9.17, 15) is 0 Å². The second-order valence-corrected chi connectivity index (χ2v) is 4.28. The summed E-state index contributed by atoms with van der Waals surface area (Å²) in [5.41, 5.74) is 4.13. The molecule has 2 rings (SSSR count). The molecule has 0 fully saturated rings. The van der Waals surface area contributed by atoms with Crippen LogP contribution in [0.3, 0.4) is 0 Å². The highest BCUT2D eigenvalue weighted by molar-refractivity contribution is 5.82. The van der Waals surface area contributed by atoms with Gasteiger partial charge in [-0.25, -0.2) is 0 Å². The molecule has 0 amide bonds. The van der Waals surface area contributed by atoms with Gasteiger partial charge in [0, 0.05) is 17.8 Å². The maximum atomic E-state index is 3.19. The first-order valence-electron chi connectivity index (χ1n) is 5.99. The van der Waals surface area contributed by atoms with Gasteiger partial charge in [0.1, 0.15) is 0 Å². The standard InChI is InChI=1S/C14H20N2/c1-4-16-11(2)9-13-6-5-12(7-8-15-3)10-14(13)16/h5-6,9-10,15H,4,7-8H2,1-3H3. The number of aryl methyl sites for hydroxylation is 2. The molecule has 0 bridgehead atoms. The maximum Gasteiger partial charge on any atom is 0.0485 e. The molecule has 86 valence electrons. The predicted molar refractivity (Wildman–Crippen MR) is 70.0 cm³/mol. The molecular weight excluding hydrogens is 196 g/mol. The van der Waals surface area contributed by atoms with Crippen molar-refractivity contribution in [3.63, 3.8) is 0 Å². The minimum absolute atomic E-state index is 1.04. The van der Waals surface area contributed by atoms with Crippen molar-refractivity contribution < 1.29 is 0 Å². The fourth-order valence-corrected chi connectivity index (χ4v) is 2.28. The van der Waals surface area contributed by atoms with E-state index in [1.165, 1.54) is 22.2 Å². The molecule has 0 unspecified atom stereocenters. The summed E-state index contributed by atoms with van der Waals surface area (Å²) in [5.74, 6) is 0. The van der Waals surface area contributed by atoms with E-state index >= 15 is 0 Å². The van der Waals surface area contributed by atoms with Gasteiger partial charge in [-0.1, -0.05) is 12.1 Å². The third kappa shape index (κ3) is 1.98. The smallest absolute Gasteiger partial charge is 0.0485 e. The number of hydrogen-bond acceptors (Lipinski definition) is 1. The lowest BCUT2D eigenvalue weighted by molar-refractivity contribution is 0.766. The van der Waals surface area contributed by atoms with Crippen molar-refractivity contribution in [1.29, 1.82) is 0 Å². The Morgan fingerprint density at radius 3 is 2.75 bits per heavy atom. The van der Waals surface area contributed by atoms with Crippen LogP contribution < -0.4 is 5.32 Å². The van der Waals surface area contributed by atoms with Crippen LogP contribution in [-0.2, 0) is 13.0 Å². The van der Waals surface area contributed by atoms with Gasteiger partial charge in [0.15, 0.2) is 0 Å². The lowest BCUT2D eigenvalue weighted by atomic mass is 10.1. The summed E-state index contributed by atoms with van der Waals surface area (Å²) in [4.78, 5) is 0. The van der Waals surface area contributed by atoms with Crippen molar-refractivity contribution in [3.8, 4) is 0 Å². The number of nitrogens with zero attached hydrogens (tertiary/aromatic N) is 1. The van der Waals surface area contributed by atoms with Crippen molar-refractivity contribution in [2.75, 3.05) is 13.6 Å². The molecule has 0 saturated carbocycles. The zero-order chi connectivity index (χ0) is 11.5. The first kappa shape index (κ1) is 11.2. The molecule has 0 aliphatic rings. The molecule has 0 atom stereocenters. The van der Waals surface area contributed by atoms with E-state index in [1.54, 1.807) is 0 Å². The van der Waals surface area contributed by atoms with E-state index < -0.39 is 0 Å². The fourth-order valence-electron chi connectivity index (χ4n) is 2.28. The van der Waals surface area contributed by atoms with Gasteiger partial charge in [-0.3, -0.25) is 0 Å². The van der Waals surface area contributed by atoms with Crippen molar-refractivity contribution in [3.05, 3.63) is 35.5 Å². The molecule has 1 aromatic carbocycles. The van der Waals surface area contributed by atoms with E-state index in [1.807, 2.05) is 7.05 Å². The SMILES string of the molecule is CCn1c(C)cc2ccc(CCNC)cc21. The van der Waals surface area contributed by atoms with Crippen molar-refractivity contribution in [2.45, 2.75) is 26.8 Å². The number of fused-ring (bicyclic) bond motifs is 1. The summed E-state index contributed by atoms with van der Waals surface area (Å²) < 4.78 is 2.37. The van der Waals surface area contributed by atoms with Crippen LogP contribution in [0.5, 0.6) is 0 Å². The summed E-state index contributed by atoms with van der Waals surface area (Å²) in [5, 5.41) is 4.55. The van der Waals surface area contributed by atoms with E-state index in [-0.39, 0.29) is 0 Å². The Kier molecular flexibility index (Phi) is 3.30. The van der Waals surface area contributed by atoms with Gasteiger partial charge in [0.2, 0.25) is 0 Å². The molecule has 1 heterocycles. The highest BCUT2D eigenvalue weighted by atomic mass is 15.0. The van der Waals surface area contributed by atoms with Gasteiger partial charge >= 0.3 is 0 Å². The molecule has 2 heteroatoms. The minimum atomic E-state index is 1.04. The van der Waals surface area contributed by atoms with Gasteiger partial charge in [-0.05, 0) is 56.9 Å². The number of aromatic nitrogens is 1. The van der Waals surface area contributed by atoms with Gasteiger partial charge in [0.25, 0.3) is 0 Å². The zero-order valence-electron chi connectivity index (χ0n) is 10.4. The normalized spacial score (nSPS) is 11.2. The second kappa shape index (κ2) is 4.71. The van der Waals surface area contributed by atoms with Crippen molar-refractivity contribution >= 4 is 10.9 Å². The first-order chi connectivity index (χ1) is 7.76. The van der Waals surface area contributed by atoms with E-state index in [0.29, 0.717) is 0 Å². The zero-order valence-corrected chi connectivity index (χ0v) is 10.4. The van der Waals surface area contributed by atoms with Crippen LogP contribution in [0.15, 0.2) is 24.3 Å². The molecular formula is C14H20N2. The molecule has 0 spiro atoms. The molecule has 0 saturated heterocycles. The van der Waals surface area contributed by atoms with E-state index in [0.717, 1.165) is 19.5 Å². The van der Waals surface area contributed by atoms with Crippen LogP contribution in [0.25, 0.3) is 10.9 Å². The van der Waals surface area contributed by atoms with Crippen molar-refractivity contribution in [1.82, 2.24) is 9.88 Å². The number of likely N-dealkylation sites (N-methyl/N-ethyl adjacent to an activating group) is 1. The molecule has 1 aromatic heterocycles. The second-order valence-electron chi connectivity index (χ2n) is 4.28. The molecule has 2 nitrogen and oxygen atoms in total. The van der Waals surface area contributed by atoms with Crippen LogP contribution in [-0.4, -0.2) is 18.2 Å². The van der Waals surface area contributed by atoms with E-state index in [2.05, 4.69) is 48.0 Å². The largest absolute Gasteiger partial charge is 0.345 e. The average Bonchev–Trinajstić information content (AvgIpc) is 2.61. The molecule has 0 radical (unpaired) electrons. The Balaban J connectivity index is 2.42. The number of nitrogens with one attached hydrogen (secondary N) is 1. The fraction of sp³-hybridized carbons (Fsp3) is 0.429. The highest BCUT2D eigenvalue weighted by Crippen LogP contribution is 2.21. The Morgan fingerprint density at radius 2 is 2.06 bits per heavy atom. The third-order valence-electron chi connectivity index (χ3n) is 3.16. The Labute approximate surface area is 97.3 Å². The lowest BCUT2D eigenvalue weighted by Gasteiger charge is -2.06. The average molecular weight is 216 g/mol. The van der Waals surface area contributed by atoms with E-state index in [4.69, 9.17) is 0 Å². The Hall–Kier alpha value is -1.28. The quantitative estimate of drug-likeness (QED) is 0.831. The van der Waals surface area contributed by atoms with Gasteiger partial charge in [-0.2, -0.15) is 0 Å². The monoisotopic (exact) mass is 216 g/mol. The summed E-state index contributed by atoms with van der Waals surface area (Å²) in [6.07, 6.45) is 1.10. The molecule has 1 N–H and O–H groups in total. The lowest BCUT2D eigenvalue weighted by Crippen LogP contribution is -2.10. The highest BCUT2D eigenvalue weighted by Gasteiger charge is 2.04. The number of benzene rings is 1. The molecule has 0 aliphatic carbocycles. The molecule has 2 aromatic rings.